The maximum atomic E-state index is 7.78. The maximum Gasteiger partial charge on any atom is 0.0595 e. The largest absolute Gasteiger partial charge is 0.300 e. The Bertz CT molecular complexity index is 290. The lowest BCUT2D eigenvalue weighted by molar-refractivity contribution is 0.568. The van der Waals surface area contributed by atoms with Crippen molar-refractivity contribution in [3.8, 4) is 0 Å². The minimum atomic E-state index is 0.138. The molecule has 0 aliphatic heterocycles. The van der Waals surface area contributed by atoms with E-state index in [9.17, 15) is 0 Å². The zero-order chi connectivity index (χ0) is 9.52. The van der Waals surface area contributed by atoms with E-state index < -0.39 is 0 Å². The van der Waals surface area contributed by atoms with Crippen molar-refractivity contribution in [2.75, 3.05) is 0 Å². The Morgan fingerprint density at radius 2 is 1.67 bits per heavy atom. The summed E-state index contributed by atoms with van der Waals surface area (Å²) in [5.41, 5.74) is 4.40. The second-order valence-corrected chi connectivity index (χ2v) is 4.17. The molecule has 0 bridgehead atoms. The molecule has 1 nitrogen and oxygen atoms in total. The molecule has 0 unspecified atom stereocenters. The lowest BCUT2D eigenvalue weighted by atomic mass is 9.75. The van der Waals surface area contributed by atoms with Crippen molar-refractivity contribution < 1.29 is 0 Å². The molecule has 0 aromatic heterocycles. The smallest absolute Gasteiger partial charge is 0.0595 e. The molecule has 1 N–H and O–H groups in total. The van der Waals surface area contributed by atoms with E-state index >= 15 is 0 Å². The van der Waals surface area contributed by atoms with E-state index in [4.69, 9.17) is 5.41 Å². The molecule has 0 saturated carbocycles. The molecule has 1 aliphatic carbocycles. The summed E-state index contributed by atoms with van der Waals surface area (Å²) in [5.74, 6) is 0. The molecule has 1 aliphatic rings. The Morgan fingerprint density at radius 3 is 2.17 bits per heavy atom. The highest BCUT2D eigenvalue weighted by molar-refractivity contribution is 6.11. The van der Waals surface area contributed by atoms with Crippen molar-refractivity contribution in [2.24, 2.45) is 5.41 Å². The first-order valence-corrected chi connectivity index (χ1v) is 4.33. The topological polar surface area (TPSA) is 23.9 Å². The van der Waals surface area contributed by atoms with E-state index in [0.29, 0.717) is 5.71 Å². The lowest BCUT2D eigenvalue weighted by Crippen LogP contribution is -2.21. The number of hydrogen-bond acceptors (Lipinski definition) is 1. The lowest BCUT2D eigenvalue weighted by Gasteiger charge is -2.30. The third kappa shape index (κ3) is 1.24. The number of nitrogens with one attached hydrogen (secondary N) is 1. The Hall–Kier alpha value is -0.850. The first-order valence-electron chi connectivity index (χ1n) is 4.33. The van der Waals surface area contributed by atoms with Gasteiger partial charge in [-0.2, -0.15) is 0 Å². The van der Waals surface area contributed by atoms with E-state index in [2.05, 4.69) is 26.8 Å². The summed E-state index contributed by atoms with van der Waals surface area (Å²) in [6.07, 6.45) is 2.18. The predicted molar refractivity (Wildman–Crippen MR) is 53.6 cm³/mol. The van der Waals surface area contributed by atoms with Gasteiger partial charge in [-0.05, 0) is 31.9 Å². The fraction of sp³-hybridized carbons (Fsp3) is 0.545. The van der Waals surface area contributed by atoms with Crippen LogP contribution in [0.15, 0.2) is 22.8 Å². The van der Waals surface area contributed by atoms with Gasteiger partial charge in [0.1, 0.15) is 0 Å². The second-order valence-electron chi connectivity index (χ2n) is 4.17. The molecule has 1 rings (SSSR count). The van der Waals surface area contributed by atoms with E-state index in [-0.39, 0.29) is 5.41 Å². The van der Waals surface area contributed by atoms with Crippen molar-refractivity contribution in [2.45, 2.75) is 34.6 Å². The van der Waals surface area contributed by atoms with E-state index in [1.165, 1.54) is 5.57 Å². The molecule has 0 heterocycles. The Balaban J connectivity index is 3.24. The van der Waals surface area contributed by atoms with Gasteiger partial charge in [-0.25, -0.2) is 0 Å². The quantitative estimate of drug-likeness (QED) is 0.566. The van der Waals surface area contributed by atoms with E-state index in [1.807, 2.05) is 13.8 Å². The fourth-order valence-corrected chi connectivity index (χ4v) is 1.69. The standard InChI is InChI=1S/C11H17N/c1-7-6-11(4,5)9(3)8(2)10(7)12/h6,12H,1-5H3. The van der Waals surface area contributed by atoms with Gasteiger partial charge in [0, 0.05) is 5.41 Å². The Morgan fingerprint density at radius 1 is 1.17 bits per heavy atom. The van der Waals surface area contributed by atoms with Crippen LogP contribution in [-0.4, -0.2) is 5.71 Å². The number of allylic oxidation sites excluding steroid dienone is 4. The highest BCUT2D eigenvalue weighted by atomic mass is 14.5. The van der Waals surface area contributed by atoms with Gasteiger partial charge >= 0.3 is 0 Å². The molecule has 1 heteroatoms. The van der Waals surface area contributed by atoms with E-state index in [0.717, 1.165) is 11.1 Å². The van der Waals surface area contributed by atoms with Gasteiger partial charge in [-0.3, -0.25) is 0 Å². The molecule has 0 aromatic carbocycles. The van der Waals surface area contributed by atoms with Gasteiger partial charge in [0.15, 0.2) is 0 Å². The molecule has 66 valence electrons. The SMILES string of the molecule is CC1=CC(C)(C)C(C)=C(C)C1=N. The molecular weight excluding hydrogens is 146 g/mol. The third-order valence-corrected chi connectivity index (χ3v) is 2.88. The zero-order valence-electron chi connectivity index (χ0n) is 8.58. The highest BCUT2D eigenvalue weighted by Crippen LogP contribution is 2.36. The fourth-order valence-electron chi connectivity index (χ4n) is 1.69. The van der Waals surface area contributed by atoms with Crippen molar-refractivity contribution in [3.05, 3.63) is 22.8 Å². The molecule has 0 saturated heterocycles. The van der Waals surface area contributed by atoms with Crippen LogP contribution in [0.2, 0.25) is 0 Å². The summed E-state index contributed by atoms with van der Waals surface area (Å²) in [5, 5.41) is 7.78. The van der Waals surface area contributed by atoms with Gasteiger partial charge in [-0.1, -0.05) is 25.5 Å². The highest BCUT2D eigenvalue weighted by Gasteiger charge is 2.25. The molecular formula is C11H17N. The molecule has 0 atom stereocenters. The Labute approximate surface area is 74.7 Å². The van der Waals surface area contributed by atoms with Gasteiger partial charge in [0.25, 0.3) is 0 Å². The number of rotatable bonds is 0. The van der Waals surface area contributed by atoms with Crippen LogP contribution < -0.4 is 0 Å². The Kier molecular flexibility index (Phi) is 1.99. The minimum absolute atomic E-state index is 0.138. The first kappa shape index (κ1) is 9.24. The normalized spacial score (nSPS) is 22.8. The van der Waals surface area contributed by atoms with Crippen LogP contribution in [0.1, 0.15) is 34.6 Å². The second kappa shape index (κ2) is 2.58. The van der Waals surface area contributed by atoms with Crippen molar-refractivity contribution >= 4 is 5.71 Å². The molecule has 0 aromatic rings. The van der Waals surface area contributed by atoms with Crippen LogP contribution >= 0.6 is 0 Å². The summed E-state index contributed by atoms with van der Waals surface area (Å²) in [4.78, 5) is 0. The van der Waals surface area contributed by atoms with Crippen LogP contribution in [0.25, 0.3) is 0 Å². The van der Waals surface area contributed by atoms with Gasteiger partial charge < -0.3 is 5.41 Å². The van der Waals surface area contributed by atoms with Crippen LogP contribution in [0.5, 0.6) is 0 Å². The molecule has 0 fully saturated rings. The summed E-state index contributed by atoms with van der Waals surface area (Å²) in [6.45, 7) is 10.6. The van der Waals surface area contributed by atoms with Crippen LogP contribution in [0, 0.1) is 10.8 Å². The minimum Gasteiger partial charge on any atom is -0.300 e. The summed E-state index contributed by atoms with van der Waals surface area (Å²) < 4.78 is 0. The van der Waals surface area contributed by atoms with Crippen LogP contribution in [-0.2, 0) is 0 Å². The average molecular weight is 163 g/mol. The summed E-state index contributed by atoms with van der Waals surface area (Å²) >= 11 is 0. The van der Waals surface area contributed by atoms with Gasteiger partial charge in [-0.15, -0.1) is 0 Å². The third-order valence-electron chi connectivity index (χ3n) is 2.88. The zero-order valence-corrected chi connectivity index (χ0v) is 8.58. The molecule has 0 radical (unpaired) electrons. The first-order chi connectivity index (χ1) is 5.36. The molecule has 0 amide bonds. The van der Waals surface area contributed by atoms with Crippen LogP contribution in [0.4, 0.5) is 0 Å². The van der Waals surface area contributed by atoms with Crippen molar-refractivity contribution in [1.29, 1.82) is 5.41 Å². The molecule has 12 heavy (non-hydrogen) atoms. The molecule has 0 spiro atoms. The van der Waals surface area contributed by atoms with Gasteiger partial charge in [0.05, 0.1) is 5.71 Å². The van der Waals surface area contributed by atoms with Gasteiger partial charge in [0.2, 0.25) is 0 Å². The van der Waals surface area contributed by atoms with Crippen molar-refractivity contribution in [3.63, 3.8) is 0 Å². The summed E-state index contributed by atoms with van der Waals surface area (Å²) in [7, 11) is 0. The van der Waals surface area contributed by atoms with Crippen molar-refractivity contribution in [1.82, 2.24) is 0 Å². The van der Waals surface area contributed by atoms with Crippen LogP contribution in [0.3, 0.4) is 0 Å². The number of hydrogen-bond donors (Lipinski definition) is 1. The maximum absolute atomic E-state index is 7.78. The monoisotopic (exact) mass is 163 g/mol. The van der Waals surface area contributed by atoms with E-state index in [1.54, 1.807) is 0 Å². The average Bonchev–Trinajstić information content (AvgIpc) is 1.97. The summed E-state index contributed by atoms with van der Waals surface area (Å²) in [6, 6.07) is 0. The predicted octanol–water partition coefficient (Wildman–Crippen LogP) is 3.33.